The van der Waals surface area contributed by atoms with Gasteiger partial charge < -0.3 is 9.64 Å². The van der Waals surface area contributed by atoms with Gasteiger partial charge in [0, 0.05) is 13.1 Å². The molecule has 0 N–H and O–H groups in total. The molecule has 1 fully saturated rings. The lowest BCUT2D eigenvalue weighted by molar-refractivity contribution is -0.138. The van der Waals surface area contributed by atoms with Gasteiger partial charge in [-0.1, -0.05) is 24.3 Å². The Kier molecular flexibility index (Phi) is 5.34. The van der Waals surface area contributed by atoms with Crippen LogP contribution in [0.1, 0.15) is 30.9 Å². The summed E-state index contributed by atoms with van der Waals surface area (Å²) in [5, 5.41) is 0. The molecule has 0 spiro atoms. The number of hydrogen-bond donors (Lipinski definition) is 0. The Morgan fingerprint density at radius 3 is 2.21 bits per heavy atom. The van der Waals surface area contributed by atoms with Gasteiger partial charge in [0.1, 0.15) is 17.3 Å². The summed E-state index contributed by atoms with van der Waals surface area (Å²) < 4.78 is 18.7. The summed E-state index contributed by atoms with van der Waals surface area (Å²) in [5.74, 6) is -0.228. The average molecular weight is 394 g/mol. The Hall–Kier alpha value is -3.15. The van der Waals surface area contributed by atoms with Gasteiger partial charge in [-0.05, 0) is 55.2 Å². The van der Waals surface area contributed by atoms with E-state index < -0.39 is 0 Å². The molecule has 2 aromatic rings. The molecular formula is C23H23FN2O3. The molecule has 1 saturated heterocycles. The number of rotatable bonds is 6. The highest BCUT2D eigenvalue weighted by Gasteiger charge is 2.42. The maximum absolute atomic E-state index is 13.3. The predicted octanol–water partition coefficient (Wildman–Crippen LogP) is 3.60. The maximum Gasteiger partial charge on any atom is 0.278 e. The summed E-state index contributed by atoms with van der Waals surface area (Å²) >= 11 is 0. The van der Waals surface area contributed by atoms with E-state index >= 15 is 0 Å². The largest absolute Gasteiger partial charge is 0.494 e. The number of nitrogens with zero attached hydrogens (tertiary/aromatic N) is 2. The molecule has 5 nitrogen and oxygen atoms in total. The third-order valence-corrected chi connectivity index (χ3v) is 5.27. The molecule has 0 radical (unpaired) electrons. The molecule has 2 aliphatic rings. The van der Waals surface area contributed by atoms with E-state index in [0.717, 1.165) is 31.7 Å². The minimum absolute atomic E-state index is 0.121. The van der Waals surface area contributed by atoms with Gasteiger partial charge >= 0.3 is 0 Å². The van der Waals surface area contributed by atoms with Gasteiger partial charge in [-0.2, -0.15) is 0 Å². The SMILES string of the molecule is CCOc1ccc(C2=C(N3CCCC3)C(=O)N(Cc3ccc(F)cc3)C2=O)cc1. The van der Waals surface area contributed by atoms with E-state index in [9.17, 15) is 14.0 Å². The molecule has 29 heavy (non-hydrogen) atoms. The van der Waals surface area contributed by atoms with Crippen LogP contribution < -0.4 is 4.74 Å². The van der Waals surface area contributed by atoms with Crippen LogP contribution in [0.25, 0.3) is 5.57 Å². The van der Waals surface area contributed by atoms with Crippen LogP contribution in [0, 0.1) is 5.82 Å². The average Bonchev–Trinajstić information content (AvgIpc) is 3.33. The van der Waals surface area contributed by atoms with Crippen molar-refractivity contribution in [2.24, 2.45) is 0 Å². The van der Waals surface area contributed by atoms with E-state index in [4.69, 9.17) is 4.74 Å². The van der Waals surface area contributed by atoms with Crippen LogP contribution in [0.15, 0.2) is 54.2 Å². The fourth-order valence-corrected chi connectivity index (χ4v) is 3.86. The molecule has 0 atom stereocenters. The summed E-state index contributed by atoms with van der Waals surface area (Å²) in [4.78, 5) is 29.8. The van der Waals surface area contributed by atoms with Gasteiger partial charge in [0.05, 0.1) is 18.7 Å². The summed E-state index contributed by atoms with van der Waals surface area (Å²) in [6.45, 7) is 4.12. The number of benzene rings is 2. The van der Waals surface area contributed by atoms with Crippen LogP contribution in [0.5, 0.6) is 5.75 Å². The van der Waals surface area contributed by atoms with Crippen LogP contribution >= 0.6 is 0 Å². The van der Waals surface area contributed by atoms with Gasteiger partial charge in [0.2, 0.25) is 0 Å². The zero-order chi connectivity index (χ0) is 20.4. The fraction of sp³-hybridized carbons (Fsp3) is 0.304. The molecule has 0 saturated carbocycles. The highest BCUT2D eigenvalue weighted by Crippen LogP contribution is 2.34. The number of halogens is 1. The fourth-order valence-electron chi connectivity index (χ4n) is 3.86. The zero-order valence-corrected chi connectivity index (χ0v) is 16.4. The number of ether oxygens (including phenoxy) is 1. The van der Waals surface area contributed by atoms with Crippen molar-refractivity contribution in [3.8, 4) is 5.75 Å². The third-order valence-electron chi connectivity index (χ3n) is 5.27. The van der Waals surface area contributed by atoms with Crippen molar-refractivity contribution >= 4 is 17.4 Å². The topological polar surface area (TPSA) is 49.9 Å². The van der Waals surface area contributed by atoms with Crippen molar-refractivity contribution < 1.29 is 18.7 Å². The molecule has 6 heteroatoms. The Morgan fingerprint density at radius 1 is 0.931 bits per heavy atom. The second-order valence-corrected chi connectivity index (χ2v) is 7.20. The number of carbonyl (C=O) groups excluding carboxylic acids is 2. The van der Waals surface area contributed by atoms with E-state index in [2.05, 4.69) is 0 Å². The first-order valence-corrected chi connectivity index (χ1v) is 9.91. The van der Waals surface area contributed by atoms with E-state index in [1.165, 1.54) is 17.0 Å². The van der Waals surface area contributed by atoms with Crippen molar-refractivity contribution in [1.29, 1.82) is 0 Å². The second-order valence-electron chi connectivity index (χ2n) is 7.20. The van der Waals surface area contributed by atoms with Crippen molar-refractivity contribution in [2.45, 2.75) is 26.3 Å². The summed E-state index contributed by atoms with van der Waals surface area (Å²) in [6.07, 6.45) is 2.00. The van der Waals surface area contributed by atoms with Crippen LogP contribution in [0.3, 0.4) is 0 Å². The minimum atomic E-state index is -0.348. The molecule has 0 aromatic heterocycles. The van der Waals surface area contributed by atoms with Crippen molar-refractivity contribution in [1.82, 2.24) is 9.80 Å². The quantitative estimate of drug-likeness (QED) is 0.703. The molecule has 0 aliphatic carbocycles. The molecule has 2 aromatic carbocycles. The zero-order valence-electron chi connectivity index (χ0n) is 16.4. The van der Waals surface area contributed by atoms with Gasteiger partial charge in [0.25, 0.3) is 11.8 Å². The molecule has 2 heterocycles. The molecule has 0 unspecified atom stereocenters. The highest BCUT2D eigenvalue weighted by molar-refractivity contribution is 6.35. The van der Waals surface area contributed by atoms with Gasteiger partial charge in [-0.25, -0.2) is 4.39 Å². The molecule has 150 valence electrons. The normalized spacial score (nSPS) is 16.9. The monoisotopic (exact) mass is 394 g/mol. The first kappa shape index (κ1) is 19.2. The van der Waals surface area contributed by atoms with E-state index in [1.54, 1.807) is 12.1 Å². The Bertz CT molecular complexity index is 945. The van der Waals surface area contributed by atoms with Crippen LogP contribution in [0.2, 0.25) is 0 Å². The molecule has 4 rings (SSSR count). The lowest BCUT2D eigenvalue weighted by Crippen LogP contribution is -2.34. The van der Waals surface area contributed by atoms with Crippen LogP contribution in [0.4, 0.5) is 4.39 Å². The number of carbonyl (C=O) groups is 2. The molecule has 2 aliphatic heterocycles. The van der Waals surface area contributed by atoms with Crippen molar-refractivity contribution in [3.05, 3.63) is 71.2 Å². The van der Waals surface area contributed by atoms with Gasteiger partial charge in [0.15, 0.2) is 0 Å². The number of hydrogen-bond acceptors (Lipinski definition) is 4. The van der Waals surface area contributed by atoms with E-state index in [1.807, 2.05) is 36.1 Å². The third kappa shape index (κ3) is 3.75. The maximum atomic E-state index is 13.3. The van der Waals surface area contributed by atoms with E-state index in [-0.39, 0.29) is 24.2 Å². The minimum Gasteiger partial charge on any atom is -0.494 e. The summed E-state index contributed by atoms with van der Waals surface area (Å²) in [5.41, 5.74) is 2.32. The molecular weight excluding hydrogens is 371 g/mol. The highest BCUT2D eigenvalue weighted by atomic mass is 19.1. The van der Waals surface area contributed by atoms with Crippen LogP contribution in [-0.2, 0) is 16.1 Å². The number of likely N-dealkylation sites (tertiary alicyclic amines) is 1. The summed E-state index contributed by atoms with van der Waals surface area (Å²) in [7, 11) is 0. The van der Waals surface area contributed by atoms with E-state index in [0.29, 0.717) is 29.0 Å². The summed E-state index contributed by atoms with van der Waals surface area (Å²) in [6, 6.07) is 13.1. The smallest absolute Gasteiger partial charge is 0.278 e. The lowest BCUT2D eigenvalue weighted by atomic mass is 10.0. The Balaban J connectivity index is 1.69. The Morgan fingerprint density at radius 2 is 1.59 bits per heavy atom. The van der Waals surface area contributed by atoms with Crippen molar-refractivity contribution in [3.63, 3.8) is 0 Å². The second kappa shape index (κ2) is 8.07. The number of imide groups is 1. The van der Waals surface area contributed by atoms with Crippen molar-refractivity contribution in [2.75, 3.05) is 19.7 Å². The van der Waals surface area contributed by atoms with Gasteiger partial charge in [-0.3, -0.25) is 14.5 Å². The number of amides is 2. The Labute approximate surface area is 169 Å². The standard InChI is InChI=1S/C23H23FN2O3/c1-2-29-19-11-7-17(8-12-19)20-21(25-13-3-4-14-25)23(28)26(22(20)27)15-16-5-9-18(24)10-6-16/h5-12H,2-4,13-15H2,1H3. The van der Waals surface area contributed by atoms with Crippen LogP contribution in [-0.4, -0.2) is 41.3 Å². The first-order chi connectivity index (χ1) is 14.1. The molecule has 2 amide bonds. The predicted molar refractivity (Wildman–Crippen MR) is 107 cm³/mol. The molecule has 0 bridgehead atoms. The first-order valence-electron chi connectivity index (χ1n) is 9.91. The van der Waals surface area contributed by atoms with Gasteiger partial charge in [-0.15, -0.1) is 0 Å². The lowest BCUT2D eigenvalue weighted by Gasteiger charge is -2.20.